The Kier molecular flexibility index (Phi) is 4.22. The fourth-order valence-corrected chi connectivity index (χ4v) is 3.54. The van der Waals surface area contributed by atoms with E-state index in [1.165, 1.54) is 0 Å². The van der Waals surface area contributed by atoms with E-state index >= 15 is 0 Å². The Labute approximate surface area is 90.8 Å². The van der Waals surface area contributed by atoms with E-state index in [2.05, 4.69) is 11.9 Å². The van der Waals surface area contributed by atoms with Gasteiger partial charge in [0.1, 0.15) is 0 Å². The quantitative estimate of drug-likeness (QED) is 0.701. The second kappa shape index (κ2) is 4.81. The van der Waals surface area contributed by atoms with Gasteiger partial charge in [0, 0.05) is 10.7 Å². The predicted octanol–water partition coefficient (Wildman–Crippen LogP) is 1.53. The van der Waals surface area contributed by atoms with Crippen molar-refractivity contribution in [1.82, 2.24) is 4.90 Å². The Bertz CT molecular complexity index is 271. The van der Waals surface area contributed by atoms with Gasteiger partial charge in [-0.3, -0.25) is 0 Å². The van der Waals surface area contributed by atoms with Crippen LogP contribution in [0.4, 0.5) is 0 Å². The molecule has 3 nitrogen and oxygen atoms in total. The highest BCUT2D eigenvalue weighted by Crippen LogP contribution is 2.25. The van der Waals surface area contributed by atoms with Gasteiger partial charge in [-0.15, -0.1) is 0 Å². The van der Waals surface area contributed by atoms with Gasteiger partial charge in [-0.2, -0.15) is 0 Å². The van der Waals surface area contributed by atoms with Crippen LogP contribution in [0, 0.1) is 11.8 Å². The third kappa shape index (κ3) is 4.15. The lowest BCUT2D eigenvalue weighted by Gasteiger charge is -2.32. The summed E-state index contributed by atoms with van der Waals surface area (Å²) in [6.07, 6.45) is 2.17. The summed E-state index contributed by atoms with van der Waals surface area (Å²) in [6.45, 7) is 4.12. The van der Waals surface area contributed by atoms with E-state index in [4.69, 9.17) is 10.7 Å². The van der Waals surface area contributed by atoms with Gasteiger partial charge in [0.15, 0.2) is 0 Å². The molecule has 0 spiro atoms. The molecule has 0 saturated carbocycles. The molecular weight excluding hydrogens is 222 g/mol. The number of piperidine rings is 1. The Morgan fingerprint density at radius 3 is 2.36 bits per heavy atom. The maximum atomic E-state index is 10.9. The summed E-state index contributed by atoms with van der Waals surface area (Å²) in [7, 11) is 4.01. The lowest BCUT2D eigenvalue weighted by molar-refractivity contribution is 0.186. The summed E-state index contributed by atoms with van der Waals surface area (Å²) < 4.78 is 21.8. The Morgan fingerprint density at radius 2 is 1.93 bits per heavy atom. The topological polar surface area (TPSA) is 37.4 Å². The summed E-state index contributed by atoms with van der Waals surface area (Å²) in [6, 6.07) is 0. The van der Waals surface area contributed by atoms with E-state index in [0.717, 1.165) is 25.9 Å². The first-order valence-corrected chi connectivity index (χ1v) is 7.47. The van der Waals surface area contributed by atoms with Crippen LogP contribution in [0.1, 0.15) is 19.8 Å². The van der Waals surface area contributed by atoms with E-state index < -0.39 is 9.05 Å². The average molecular weight is 240 g/mol. The van der Waals surface area contributed by atoms with E-state index in [9.17, 15) is 8.42 Å². The highest BCUT2D eigenvalue weighted by molar-refractivity contribution is 8.13. The molecule has 1 unspecified atom stereocenters. The molecule has 84 valence electrons. The van der Waals surface area contributed by atoms with Crippen LogP contribution in [0.3, 0.4) is 0 Å². The third-order valence-corrected chi connectivity index (χ3v) is 4.33. The fourth-order valence-electron chi connectivity index (χ4n) is 2.05. The summed E-state index contributed by atoms with van der Waals surface area (Å²) in [5.74, 6) is 0.814. The summed E-state index contributed by atoms with van der Waals surface area (Å²) in [5, 5.41) is 0. The molecule has 0 N–H and O–H groups in total. The molecule has 1 fully saturated rings. The highest BCUT2D eigenvalue weighted by atomic mass is 35.7. The first-order chi connectivity index (χ1) is 6.38. The van der Waals surface area contributed by atoms with E-state index in [1.54, 1.807) is 0 Å². The molecule has 0 amide bonds. The van der Waals surface area contributed by atoms with Crippen molar-refractivity contribution in [3.8, 4) is 0 Å². The minimum atomic E-state index is -3.33. The van der Waals surface area contributed by atoms with Crippen LogP contribution < -0.4 is 0 Å². The summed E-state index contributed by atoms with van der Waals surface area (Å²) in [4.78, 5) is 2.28. The normalized spacial score (nSPS) is 23.6. The van der Waals surface area contributed by atoms with E-state index in [1.807, 2.05) is 6.92 Å². The molecule has 0 aliphatic carbocycles. The molecule has 0 aromatic heterocycles. The first-order valence-electron chi connectivity index (χ1n) is 4.99. The maximum Gasteiger partial charge on any atom is 0.232 e. The number of halogens is 1. The van der Waals surface area contributed by atoms with Gasteiger partial charge in [0.05, 0.1) is 5.75 Å². The van der Waals surface area contributed by atoms with Crippen LogP contribution in [0.2, 0.25) is 0 Å². The molecule has 14 heavy (non-hydrogen) atoms. The van der Waals surface area contributed by atoms with Crippen molar-refractivity contribution < 1.29 is 8.42 Å². The Hall–Kier alpha value is 0.200. The Morgan fingerprint density at radius 1 is 1.43 bits per heavy atom. The molecule has 1 heterocycles. The molecule has 0 aromatic rings. The van der Waals surface area contributed by atoms with E-state index in [-0.39, 0.29) is 11.7 Å². The predicted molar refractivity (Wildman–Crippen MR) is 59.0 cm³/mol. The second-order valence-corrected chi connectivity index (χ2v) is 7.15. The lowest BCUT2D eigenvalue weighted by atomic mass is 9.87. The van der Waals surface area contributed by atoms with Gasteiger partial charge in [-0.1, -0.05) is 6.92 Å². The van der Waals surface area contributed by atoms with Crippen LogP contribution in [0.5, 0.6) is 0 Å². The van der Waals surface area contributed by atoms with Crippen molar-refractivity contribution in [2.24, 2.45) is 11.8 Å². The molecule has 0 aromatic carbocycles. The minimum absolute atomic E-state index is 0.114. The molecule has 1 saturated heterocycles. The van der Waals surface area contributed by atoms with Crippen molar-refractivity contribution in [3.05, 3.63) is 0 Å². The van der Waals surface area contributed by atoms with Crippen molar-refractivity contribution in [2.45, 2.75) is 19.8 Å². The number of likely N-dealkylation sites (tertiary alicyclic amines) is 1. The monoisotopic (exact) mass is 239 g/mol. The molecule has 1 rings (SSSR count). The zero-order valence-electron chi connectivity index (χ0n) is 8.74. The lowest BCUT2D eigenvalue weighted by Crippen LogP contribution is -2.34. The van der Waals surface area contributed by atoms with Gasteiger partial charge < -0.3 is 4.90 Å². The standard InChI is InChI=1S/C9H18ClNO2S/c1-8(7-14(10,12)13)9-3-5-11(2)6-4-9/h8-9H,3-7H2,1-2H3. The van der Waals surface area contributed by atoms with Crippen molar-refractivity contribution >= 4 is 19.7 Å². The van der Waals surface area contributed by atoms with Gasteiger partial charge >= 0.3 is 0 Å². The van der Waals surface area contributed by atoms with Crippen LogP contribution in [0.15, 0.2) is 0 Å². The van der Waals surface area contributed by atoms with Crippen molar-refractivity contribution in [2.75, 3.05) is 25.9 Å². The van der Waals surface area contributed by atoms with Crippen molar-refractivity contribution in [1.29, 1.82) is 0 Å². The number of rotatable bonds is 3. The molecule has 1 atom stereocenters. The van der Waals surface area contributed by atoms with Crippen LogP contribution in [-0.2, 0) is 9.05 Å². The molecule has 0 radical (unpaired) electrons. The largest absolute Gasteiger partial charge is 0.306 e. The molecule has 1 aliphatic heterocycles. The second-order valence-electron chi connectivity index (χ2n) is 4.32. The Balaban J connectivity index is 2.42. The molecule has 0 bridgehead atoms. The molecule has 5 heteroatoms. The summed E-state index contributed by atoms with van der Waals surface area (Å²) in [5.41, 5.74) is 0. The van der Waals surface area contributed by atoms with Gasteiger partial charge in [-0.25, -0.2) is 8.42 Å². The van der Waals surface area contributed by atoms with Crippen molar-refractivity contribution in [3.63, 3.8) is 0 Å². The number of hydrogen-bond acceptors (Lipinski definition) is 3. The van der Waals surface area contributed by atoms with Crippen LogP contribution in [0.25, 0.3) is 0 Å². The van der Waals surface area contributed by atoms with Gasteiger partial charge in [0.25, 0.3) is 0 Å². The first kappa shape index (κ1) is 12.3. The molecule has 1 aliphatic rings. The zero-order valence-corrected chi connectivity index (χ0v) is 10.3. The number of hydrogen-bond donors (Lipinski definition) is 0. The zero-order chi connectivity index (χ0) is 10.8. The summed E-state index contributed by atoms with van der Waals surface area (Å²) >= 11 is 0. The minimum Gasteiger partial charge on any atom is -0.306 e. The van der Waals surface area contributed by atoms with Gasteiger partial charge in [0.2, 0.25) is 9.05 Å². The van der Waals surface area contributed by atoms with Gasteiger partial charge in [-0.05, 0) is 44.8 Å². The average Bonchev–Trinajstić information content (AvgIpc) is 2.02. The SMILES string of the molecule is CC(CS(=O)(=O)Cl)C1CCN(C)CC1. The van der Waals surface area contributed by atoms with Crippen LogP contribution >= 0.6 is 10.7 Å². The third-order valence-electron chi connectivity index (χ3n) is 3.03. The molecular formula is C9H18ClNO2S. The maximum absolute atomic E-state index is 10.9. The van der Waals surface area contributed by atoms with Crippen LogP contribution in [-0.4, -0.2) is 39.2 Å². The smallest absolute Gasteiger partial charge is 0.232 e. The number of nitrogens with zero attached hydrogens (tertiary/aromatic N) is 1. The van der Waals surface area contributed by atoms with E-state index in [0.29, 0.717) is 5.92 Å². The highest BCUT2D eigenvalue weighted by Gasteiger charge is 2.25. The fraction of sp³-hybridized carbons (Fsp3) is 1.00.